The van der Waals surface area contributed by atoms with Gasteiger partial charge in [-0.1, -0.05) is 39.0 Å². The lowest BCUT2D eigenvalue weighted by atomic mass is 9.83. The molecule has 1 aromatic heterocycles. The average molecular weight is 232 g/mol. The Bertz CT molecular complexity index is 343. The summed E-state index contributed by atoms with van der Waals surface area (Å²) in [5, 5.41) is 0. The molecule has 2 rings (SSSR count). The van der Waals surface area contributed by atoms with E-state index in [1.807, 2.05) is 12.4 Å². The Morgan fingerprint density at radius 2 is 2.12 bits per heavy atom. The number of hydrogen-bond acceptors (Lipinski definition) is 2. The number of rotatable bonds is 4. The summed E-state index contributed by atoms with van der Waals surface area (Å²) in [4.78, 5) is 4.19. The smallest absolute Gasteiger partial charge is 0.0303 e. The fraction of sp³-hybridized carbons (Fsp3) is 0.667. The van der Waals surface area contributed by atoms with E-state index < -0.39 is 0 Å². The molecule has 1 saturated carbocycles. The molecule has 1 aliphatic rings. The van der Waals surface area contributed by atoms with E-state index in [0.29, 0.717) is 0 Å². The van der Waals surface area contributed by atoms with Gasteiger partial charge >= 0.3 is 0 Å². The van der Waals surface area contributed by atoms with Gasteiger partial charge in [0.25, 0.3) is 0 Å². The van der Waals surface area contributed by atoms with Gasteiger partial charge in [0.05, 0.1) is 0 Å². The van der Waals surface area contributed by atoms with Gasteiger partial charge in [-0.3, -0.25) is 4.98 Å². The molecule has 0 aliphatic heterocycles. The molecule has 17 heavy (non-hydrogen) atoms. The van der Waals surface area contributed by atoms with Crippen LogP contribution < -0.4 is 5.73 Å². The molecule has 0 aromatic carbocycles. The maximum atomic E-state index is 6.37. The summed E-state index contributed by atoms with van der Waals surface area (Å²) in [5.41, 5.74) is 9.00. The van der Waals surface area contributed by atoms with Crippen molar-refractivity contribution < 1.29 is 0 Å². The zero-order chi connectivity index (χ0) is 12.1. The molecule has 1 atom stereocenters. The summed E-state index contributed by atoms with van der Waals surface area (Å²) < 4.78 is 0. The maximum Gasteiger partial charge on any atom is 0.0303 e. The first-order valence-electron chi connectivity index (χ1n) is 6.99. The average Bonchev–Trinajstić information content (AvgIpc) is 2.40. The fourth-order valence-electron chi connectivity index (χ4n) is 3.00. The Hall–Kier alpha value is -0.890. The first-order valence-corrected chi connectivity index (χ1v) is 6.99. The zero-order valence-electron chi connectivity index (χ0n) is 10.9. The summed E-state index contributed by atoms with van der Waals surface area (Å²) >= 11 is 0. The van der Waals surface area contributed by atoms with E-state index in [9.17, 15) is 0 Å². The van der Waals surface area contributed by atoms with Gasteiger partial charge in [0.2, 0.25) is 0 Å². The minimum Gasteiger partial charge on any atom is -0.324 e. The third kappa shape index (κ3) is 3.29. The molecule has 94 valence electrons. The van der Waals surface area contributed by atoms with E-state index in [2.05, 4.69) is 18.0 Å². The summed E-state index contributed by atoms with van der Waals surface area (Å²) in [6, 6.07) is 2.31. The molecule has 0 saturated heterocycles. The highest BCUT2D eigenvalue weighted by Crippen LogP contribution is 2.31. The molecule has 2 N–H and O–H groups in total. The van der Waals surface area contributed by atoms with Crippen LogP contribution in [0.3, 0.4) is 0 Å². The van der Waals surface area contributed by atoms with Crippen LogP contribution in [0.2, 0.25) is 0 Å². The Labute approximate surface area is 105 Å². The number of hydrogen-bond donors (Lipinski definition) is 1. The van der Waals surface area contributed by atoms with Crippen molar-refractivity contribution in [1.82, 2.24) is 4.98 Å². The first-order chi connectivity index (χ1) is 8.31. The largest absolute Gasteiger partial charge is 0.324 e. The lowest BCUT2D eigenvalue weighted by Crippen LogP contribution is -2.18. The monoisotopic (exact) mass is 232 g/mol. The molecule has 0 bridgehead atoms. The van der Waals surface area contributed by atoms with Crippen LogP contribution in [0.25, 0.3) is 0 Å². The highest BCUT2D eigenvalue weighted by molar-refractivity contribution is 5.26. The summed E-state index contributed by atoms with van der Waals surface area (Å²) in [6.07, 6.45) is 13.0. The Kier molecular flexibility index (Phi) is 4.55. The third-order valence-electron chi connectivity index (χ3n) is 4.03. The topological polar surface area (TPSA) is 38.9 Å². The molecule has 1 heterocycles. The Morgan fingerprint density at radius 1 is 1.35 bits per heavy atom. The van der Waals surface area contributed by atoms with Gasteiger partial charge in [-0.2, -0.15) is 0 Å². The van der Waals surface area contributed by atoms with Crippen LogP contribution in [0.1, 0.15) is 62.6 Å². The first kappa shape index (κ1) is 12.6. The van der Waals surface area contributed by atoms with Crippen molar-refractivity contribution in [2.24, 2.45) is 11.7 Å². The highest BCUT2D eigenvalue weighted by atomic mass is 14.7. The van der Waals surface area contributed by atoms with Crippen LogP contribution in [-0.2, 0) is 6.42 Å². The second kappa shape index (κ2) is 6.15. The third-order valence-corrected chi connectivity index (χ3v) is 4.03. The van der Waals surface area contributed by atoms with Crippen molar-refractivity contribution in [1.29, 1.82) is 0 Å². The molecule has 1 aliphatic carbocycles. The highest BCUT2D eigenvalue weighted by Gasteiger charge is 2.18. The predicted molar refractivity (Wildman–Crippen MR) is 71.7 cm³/mol. The van der Waals surface area contributed by atoms with E-state index in [1.54, 1.807) is 0 Å². The fourth-order valence-corrected chi connectivity index (χ4v) is 3.00. The zero-order valence-corrected chi connectivity index (χ0v) is 10.9. The van der Waals surface area contributed by atoms with Crippen molar-refractivity contribution in [3.63, 3.8) is 0 Å². The van der Waals surface area contributed by atoms with Crippen molar-refractivity contribution in [3.05, 3.63) is 29.6 Å². The lowest BCUT2D eigenvalue weighted by Gasteiger charge is -2.25. The van der Waals surface area contributed by atoms with Gasteiger partial charge in [-0.05, 0) is 36.0 Å². The van der Waals surface area contributed by atoms with Crippen molar-refractivity contribution in [2.45, 2.75) is 57.9 Å². The second-order valence-corrected chi connectivity index (χ2v) is 5.27. The summed E-state index contributed by atoms with van der Waals surface area (Å²) in [6.45, 7) is 2.17. The standard InChI is InChI=1S/C15H24N2/c1-2-13-11-17-9-8-14(13)15(16)10-12-6-4-3-5-7-12/h8-9,11-12,15H,2-7,10,16H2,1H3. The van der Waals surface area contributed by atoms with Crippen LogP contribution in [0, 0.1) is 5.92 Å². The van der Waals surface area contributed by atoms with Crippen molar-refractivity contribution in [2.75, 3.05) is 0 Å². The SMILES string of the molecule is CCc1cnccc1C(N)CC1CCCCC1. The summed E-state index contributed by atoms with van der Waals surface area (Å²) in [5.74, 6) is 0.844. The molecule has 0 amide bonds. The molecular formula is C15H24N2. The molecule has 1 aromatic rings. The van der Waals surface area contributed by atoms with Crippen LogP contribution in [-0.4, -0.2) is 4.98 Å². The molecule has 2 heteroatoms. The number of aryl methyl sites for hydroxylation is 1. The Balaban J connectivity index is 2.00. The Morgan fingerprint density at radius 3 is 2.82 bits per heavy atom. The molecule has 1 fully saturated rings. The van der Waals surface area contributed by atoms with Crippen LogP contribution in [0.15, 0.2) is 18.5 Å². The van der Waals surface area contributed by atoms with Gasteiger partial charge in [0.1, 0.15) is 0 Å². The predicted octanol–water partition coefficient (Wildman–Crippen LogP) is 3.61. The number of nitrogens with two attached hydrogens (primary N) is 1. The van der Waals surface area contributed by atoms with Gasteiger partial charge in [-0.25, -0.2) is 0 Å². The number of pyridine rings is 1. The van der Waals surface area contributed by atoms with Crippen LogP contribution >= 0.6 is 0 Å². The minimum atomic E-state index is 0.205. The number of aromatic nitrogens is 1. The second-order valence-electron chi connectivity index (χ2n) is 5.27. The van der Waals surface area contributed by atoms with E-state index in [-0.39, 0.29) is 6.04 Å². The van der Waals surface area contributed by atoms with E-state index >= 15 is 0 Å². The molecule has 2 nitrogen and oxygen atoms in total. The normalized spacial score (nSPS) is 19.2. The molecule has 0 spiro atoms. The quantitative estimate of drug-likeness (QED) is 0.861. The lowest BCUT2D eigenvalue weighted by molar-refractivity contribution is 0.319. The van der Waals surface area contributed by atoms with Gasteiger partial charge < -0.3 is 5.73 Å². The van der Waals surface area contributed by atoms with E-state index in [4.69, 9.17) is 5.73 Å². The van der Waals surface area contributed by atoms with Crippen LogP contribution in [0.4, 0.5) is 0 Å². The minimum absolute atomic E-state index is 0.205. The molecular weight excluding hydrogens is 208 g/mol. The van der Waals surface area contributed by atoms with E-state index in [1.165, 1.54) is 43.2 Å². The van der Waals surface area contributed by atoms with Gasteiger partial charge in [0, 0.05) is 18.4 Å². The molecule has 1 unspecified atom stereocenters. The number of nitrogens with zero attached hydrogens (tertiary/aromatic N) is 1. The maximum absolute atomic E-state index is 6.37. The van der Waals surface area contributed by atoms with Gasteiger partial charge in [0.15, 0.2) is 0 Å². The van der Waals surface area contributed by atoms with Crippen LogP contribution in [0.5, 0.6) is 0 Å². The van der Waals surface area contributed by atoms with E-state index in [0.717, 1.165) is 18.8 Å². The molecule has 0 radical (unpaired) electrons. The summed E-state index contributed by atoms with van der Waals surface area (Å²) in [7, 11) is 0. The van der Waals surface area contributed by atoms with Crippen molar-refractivity contribution in [3.8, 4) is 0 Å². The van der Waals surface area contributed by atoms with Gasteiger partial charge in [-0.15, -0.1) is 0 Å². The van der Waals surface area contributed by atoms with Crippen molar-refractivity contribution >= 4 is 0 Å².